The molecular formula is C19H28N2O3S. The molecule has 1 aromatic rings. The number of carbonyl (C=O) groups is 1. The highest BCUT2D eigenvalue weighted by Crippen LogP contribution is 2.43. The SMILES string of the molecule is Cc1ccc(C)c(S(=O)(=O)C2(C(=O)N3CCCNCC3)CCCC2)c1. The summed E-state index contributed by atoms with van der Waals surface area (Å²) in [6.45, 7) is 6.53. The van der Waals surface area contributed by atoms with Crippen molar-refractivity contribution in [2.24, 2.45) is 0 Å². The predicted molar refractivity (Wildman–Crippen MR) is 98.4 cm³/mol. The molecule has 1 aliphatic carbocycles. The molecule has 1 N–H and O–H groups in total. The molecule has 5 nitrogen and oxygen atoms in total. The second-order valence-corrected chi connectivity index (χ2v) is 9.60. The van der Waals surface area contributed by atoms with Crippen LogP contribution >= 0.6 is 0 Å². The molecule has 0 unspecified atom stereocenters. The zero-order chi connectivity index (χ0) is 18.1. The number of amides is 1. The lowest BCUT2D eigenvalue weighted by Gasteiger charge is -2.34. The van der Waals surface area contributed by atoms with Crippen LogP contribution in [0, 0.1) is 13.8 Å². The number of hydrogen-bond acceptors (Lipinski definition) is 4. The van der Waals surface area contributed by atoms with Crippen molar-refractivity contribution in [3.8, 4) is 0 Å². The first kappa shape index (κ1) is 18.4. The molecule has 1 aromatic carbocycles. The van der Waals surface area contributed by atoms with Crippen LogP contribution in [-0.2, 0) is 14.6 Å². The molecule has 0 bridgehead atoms. The molecule has 2 aliphatic rings. The van der Waals surface area contributed by atoms with Gasteiger partial charge in [0.15, 0.2) is 14.6 Å². The molecule has 0 spiro atoms. The van der Waals surface area contributed by atoms with Crippen LogP contribution < -0.4 is 5.32 Å². The molecule has 138 valence electrons. The summed E-state index contributed by atoms with van der Waals surface area (Å²) >= 11 is 0. The van der Waals surface area contributed by atoms with E-state index >= 15 is 0 Å². The zero-order valence-electron chi connectivity index (χ0n) is 15.2. The number of carbonyl (C=O) groups excluding carboxylic acids is 1. The number of sulfone groups is 1. The average Bonchev–Trinajstić information content (AvgIpc) is 2.94. The van der Waals surface area contributed by atoms with Gasteiger partial charge in [0.25, 0.3) is 0 Å². The Labute approximate surface area is 150 Å². The number of hydrogen-bond donors (Lipinski definition) is 1. The Morgan fingerprint density at radius 2 is 1.80 bits per heavy atom. The molecule has 1 saturated heterocycles. The van der Waals surface area contributed by atoms with Crippen LogP contribution in [0.25, 0.3) is 0 Å². The van der Waals surface area contributed by atoms with Gasteiger partial charge in [0.05, 0.1) is 4.90 Å². The minimum atomic E-state index is -3.73. The lowest BCUT2D eigenvalue weighted by molar-refractivity contribution is -0.133. The Morgan fingerprint density at radius 3 is 2.52 bits per heavy atom. The van der Waals surface area contributed by atoms with E-state index in [-0.39, 0.29) is 5.91 Å². The molecule has 1 aliphatic heterocycles. The minimum Gasteiger partial charge on any atom is -0.340 e. The predicted octanol–water partition coefficient (Wildman–Crippen LogP) is 2.21. The van der Waals surface area contributed by atoms with Gasteiger partial charge in [0, 0.05) is 19.6 Å². The van der Waals surface area contributed by atoms with E-state index in [1.165, 1.54) is 0 Å². The fourth-order valence-electron chi connectivity index (χ4n) is 4.09. The number of nitrogens with zero attached hydrogens (tertiary/aromatic N) is 1. The van der Waals surface area contributed by atoms with E-state index in [0.717, 1.165) is 43.5 Å². The fraction of sp³-hybridized carbons (Fsp3) is 0.632. The summed E-state index contributed by atoms with van der Waals surface area (Å²) in [6, 6.07) is 5.48. The Kier molecular flexibility index (Phi) is 5.21. The van der Waals surface area contributed by atoms with Gasteiger partial charge in [-0.15, -0.1) is 0 Å². The van der Waals surface area contributed by atoms with Crippen LogP contribution in [0.4, 0.5) is 0 Å². The number of rotatable bonds is 3. The highest BCUT2D eigenvalue weighted by atomic mass is 32.2. The van der Waals surface area contributed by atoms with Gasteiger partial charge in [-0.05, 0) is 56.8 Å². The molecular weight excluding hydrogens is 336 g/mol. The van der Waals surface area contributed by atoms with Crippen LogP contribution in [0.5, 0.6) is 0 Å². The second-order valence-electron chi connectivity index (χ2n) is 7.37. The molecule has 6 heteroatoms. The molecule has 0 aromatic heterocycles. The van der Waals surface area contributed by atoms with Gasteiger partial charge in [0.1, 0.15) is 0 Å². The van der Waals surface area contributed by atoms with Gasteiger partial charge < -0.3 is 10.2 Å². The summed E-state index contributed by atoms with van der Waals surface area (Å²) in [7, 11) is -3.73. The molecule has 1 heterocycles. The first-order valence-electron chi connectivity index (χ1n) is 9.20. The highest BCUT2D eigenvalue weighted by molar-refractivity contribution is 7.93. The van der Waals surface area contributed by atoms with Crippen molar-refractivity contribution in [1.29, 1.82) is 0 Å². The van der Waals surface area contributed by atoms with Crippen LogP contribution in [0.1, 0.15) is 43.2 Å². The van der Waals surface area contributed by atoms with Gasteiger partial charge in [-0.1, -0.05) is 25.0 Å². The fourth-order valence-corrected chi connectivity index (χ4v) is 6.53. The second kappa shape index (κ2) is 7.08. The van der Waals surface area contributed by atoms with Crippen LogP contribution in [0.2, 0.25) is 0 Å². The maximum Gasteiger partial charge on any atom is 0.244 e. The summed E-state index contributed by atoms with van der Waals surface area (Å²) in [5, 5.41) is 3.28. The van der Waals surface area contributed by atoms with Crippen LogP contribution in [-0.4, -0.2) is 50.2 Å². The summed E-state index contributed by atoms with van der Waals surface area (Å²) < 4.78 is 26.0. The maximum absolute atomic E-state index is 13.6. The third-order valence-electron chi connectivity index (χ3n) is 5.58. The van der Waals surface area contributed by atoms with Gasteiger partial charge in [0.2, 0.25) is 5.91 Å². The average molecular weight is 365 g/mol. The number of nitrogens with one attached hydrogen (secondary N) is 1. The van der Waals surface area contributed by atoms with Crippen LogP contribution in [0.15, 0.2) is 23.1 Å². The molecule has 1 amide bonds. The molecule has 1 saturated carbocycles. The topological polar surface area (TPSA) is 66.5 Å². The molecule has 2 fully saturated rings. The third kappa shape index (κ3) is 3.22. The van der Waals surface area contributed by atoms with Crippen molar-refractivity contribution in [2.45, 2.75) is 55.6 Å². The van der Waals surface area contributed by atoms with Crippen molar-refractivity contribution in [3.63, 3.8) is 0 Å². The van der Waals surface area contributed by atoms with Gasteiger partial charge >= 0.3 is 0 Å². The Balaban J connectivity index is 2.04. The van der Waals surface area contributed by atoms with E-state index in [1.54, 1.807) is 11.0 Å². The first-order valence-corrected chi connectivity index (χ1v) is 10.7. The minimum absolute atomic E-state index is 0.186. The number of aryl methyl sites for hydroxylation is 2. The Morgan fingerprint density at radius 1 is 1.08 bits per heavy atom. The number of benzene rings is 1. The molecule has 0 atom stereocenters. The van der Waals surface area contributed by atoms with E-state index in [9.17, 15) is 13.2 Å². The van der Waals surface area contributed by atoms with E-state index < -0.39 is 14.6 Å². The quantitative estimate of drug-likeness (QED) is 0.893. The van der Waals surface area contributed by atoms with Crippen molar-refractivity contribution in [1.82, 2.24) is 10.2 Å². The molecule has 25 heavy (non-hydrogen) atoms. The van der Waals surface area contributed by atoms with Gasteiger partial charge in [-0.25, -0.2) is 8.42 Å². The van der Waals surface area contributed by atoms with E-state index in [0.29, 0.717) is 30.8 Å². The van der Waals surface area contributed by atoms with Crippen molar-refractivity contribution >= 4 is 15.7 Å². The normalized spacial score (nSPS) is 21.1. The standard InChI is InChI=1S/C19H28N2O3S/c1-15-6-7-16(2)17(14-15)25(23,24)19(8-3-4-9-19)18(22)21-12-5-10-20-11-13-21/h6-7,14,20H,3-5,8-13H2,1-2H3. The molecule has 0 radical (unpaired) electrons. The van der Waals surface area contributed by atoms with Gasteiger partial charge in [-0.3, -0.25) is 4.79 Å². The van der Waals surface area contributed by atoms with Gasteiger partial charge in [-0.2, -0.15) is 0 Å². The van der Waals surface area contributed by atoms with E-state index in [2.05, 4.69) is 5.32 Å². The molecule has 3 rings (SSSR count). The summed E-state index contributed by atoms with van der Waals surface area (Å²) in [5.74, 6) is -0.186. The van der Waals surface area contributed by atoms with Crippen molar-refractivity contribution < 1.29 is 13.2 Å². The van der Waals surface area contributed by atoms with Crippen molar-refractivity contribution in [3.05, 3.63) is 29.3 Å². The lowest BCUT2D eigenvalue weighted by Crippen LogP contribution is -2.53. The highest BCUT2D eigenvalue weighted by Gasteiger charge is 2.54. The van der Waals surface area contributed by atoms with Crippen molar-refractivity contribution in [2.75, 3.05) is 26.2 Å². The van der Waals surface area contributed by atoms with Crippen LogP contribution in [0.3, 0.4) is 0 Å². The first-order chi connectivity index (χ1) is 11.9. The monoisotopic (exact) mass is 364 g/mol. The van der Waals surface area contributed by atoms with E-state index in [4.69, 9.17) is 0 Å². The summed E-state index contributed by atoms with van der Waals surface area (Å²) in [4.78, 5) is 15.5. The van der Waals surface area contributed by atoms with E-state index in [1.807, 2.05) is 26.0 Å². The largest absolute Gasteiger partial charge is 0.340 e. The summed E-state index contributed by atoms with van der Waals surface area (Å²) in [6.07, 6.45) is 3.33. The Bertz CT molecular complexity index is 744. The maximum atomic E-state index is 13.6. The zero-order valence-corrected chi connectivity index (χ0v) is 16.0. The third-order valence-corrected chi connectivity index (χ3v) is 8.21. The summed E-state index contributed by atoms with van der Waals surface area (Å²) in [5.41, 5.74) is 1.63. The smallest absolute Gasteiger partial charge is 0.244 e. The lowest BCUT2D eigenvalue weighted by atomic mass is 10.1. The Hall–Kier alpha value is -1.40.